The molecule has 3 fully saturated rings. The lowest BCUT2D eigenvalue weighted by Crippen LogP contribution is -2.59. The van der Waals surface area contributed by atoms with E-state index in [0.717, 1.165) is 12.8 Å². The molecule has 4 amide bonds. The molecule has 5 rings (SSSR count). The van der Waals surface area contributed by atoms with Crippen molar-refractivity contribution in [1.82, 2.24) is 20.9 Å². The lowest BCUT2D eigenvalue weighted by Gasteiger charge is -2.35. The fourth-order valence-corrected chi connectivity index (χ4v) is 6.39. The molecule has 1 saturated carbocycles. The molecule has 3 N–H and O–H groups in total. The topological polar surface area (TPSA) is 182 Å². The lowest BCUT2D eigenvalue weighted by atomic mass is 9.85. The van der Waals surface area contributed by atoms with Gasteiger partial charge >= 0.3 is 6.09 Å². The first-order valence-electron chi connectivity index (χ1n) is 17.1. The average Bonchev–Trinajstić information content (AvgIpc) is 3.39. The van der Waals surface area contributed by atoms with Crippen molar-refractivity contribution in [2.45, 2.75) is 115 Å². The van der Waals surface area contributed by atoms with Gasteiger partial charge in [0.1, 0.15) is 18.2 Å². The summed E-state index contributed by atoms with van der Waals surface area (Å²) in [6.07, 6.45) is 1.97. The molecule has 1 aromatic carbocycles. The number of nitrogens with one attached hydrogen (secondary N) is 3. The minimum atomic E-state index is -1.12. The quantitative estimate of drug-likeness (QED) is 0.220. The molecule has 0 unspecified atom stereocenters. The zero-order valence-corrected chi connectivity index (χ0v) is 28.8. The van der Waals surface area contributed by atoms with E-state index in [-0.39, 0.29) is 44.2 Å². The van der Waals surface area contributed by atoms with Crippen LogP contribution in [0.1, 0.15) is 95.5 Å². The van der Waals surface area contributed by atoms with Crippen molar-refractivity contribution >= 4 is 41.1 Å². The van der Waals surface area contributed by atoms with Crippen molar-refractivity contribution in [3.8, 4) is 0 Å². The molecule has 5 atom stereocenters. The van der Waals surface area contributed by atoms with Crippen LogP contribution >= 0.6 is 0 Å². The first-order valence-corrected chi connectivity index (χ1v) is 17.1. The SMILES string of the molecule is CCC[C@H](NC(=O)[C@@H]1C[C@]2(CC(c3cccc(C(C)=O)c3)=NO2)CN1C(=O)[C@@H](NC(=O)O[C@H]1CCOC1)C(C)(C)C)C(=O)C(=O)NC1CC1. The number of likely N-dealkylation sites (tertiary alicyclic amines) is 1. The highest BCUT2D eigenvalue weighted by Crippen LogP contribution is 2.40. The van der Waals surface area contributed by atoms with Crippen molar-refractivity contribution in [2.24, 2.45) is 10.6 Å². The highest BCUT2D eigenvalue weighted by molar-refractivity contribution is 6.38. The van der Waals surface area contributed by atoms with Gasteiger partial charge in [-0.2, -0.15) is 0 Å². The van der Waals surface area contributed by atoms with Gasteiger partial charge < -0.3 is 35.2 Å². The summed E-state index contributed by atoms with van der Waals surface area (Å²) in [6.45, 7) is 9.38. The van der Waals surface area contributed by atoms with Crippen LogP contribution in [0.2, 0.25) is 0 Å². The minimum Gasteiger partial charge on any atom is -0.444 e. The molecule has 4 aliphatic rings. The molecule has 0 aromatic heterocycles. The highest BCUT2D eigenvalue weighted by Gasteiger charge is 2.56. The Balaban J connectivity index is 1.40. The van der Waals surface area contributed by atoms with Crippen LogP contribution in [0.3, 0.4) is 0 Å². The van der Waals surface area contributed by atoms with Crippen LogP contribution in [0.25, 0.3) is 0 Å². The number of rotatable bonds is 12. The number of carbonyl (C=O) groups is 6. The molecule has 14 heteroatoms. The van der Waals surface area contributed by atoms with Gasteiger partial charge in [-0.15, -0.1) is 0 Å². The molecule has 14 nitrogen and oxygen atoms in total. The molecule has 0 bridgehead atoms. The second-order valence-electron chi connectivity index (χ2n) is 14.6. The van der Waals surface area contributed by atoms with E-state index in [2.05, 4.69) is 21.1 Å². The maximum absolute atomic E-state index is 14.5. The second kappa shape index (κ2) is 14.7. The van der Waals surface area contributed by atoms with Gasteiger partial charge in [-0.25, -0.2) is 4.79 Å². The number of carbonyl (C=O) groups excluding carboxylic acids is 6. The van der Waals surface area contributed by atoms with Crippen molar-refractivity contribution < 1.29 is 43.1 Å². The fraction of sp³-hybridized carbons (Fsp3) is 0.629. The Morgan fingerprint density at radius 1 is 1.10 bits per heavy atom. The van der Waals surface area contributed by atoms with Crippen LogP contribution in [0, 0.1) is 5.41 Å². The van der Waals surface area contributed by atoms with Gasteiger partial charge in [-0.3, -0.25) is 24.0 Å². The Morgan fingerprint density at radius 2 is 1.86 bits per heavy atom. The molecular weight excluding hydrogens is 634 g/mol. The van der Waals surface area contributed by atoms with Gasteiger partial charge in [0.15, 0.2) is 11.4 Å². The Bertz CT molecular complexity index is 1510. The third kappa shape index (κ3) is 8.64. The Kier molecular flexibility index (Phi) is 10.8. The first-order chi connectivity index (χ1) is 23.2. The molecule has 1 spiro atoms. The molecule has 266 valence electrons. The van der Waals surface area contributed by atoms with E-state index in [1.165, 1.54) is 11.8 Å². The van der Waals surface area contributed by atoms with Crippen LogP contribution in [0.15, 0.2) is 29.4 Å². The molecule has 1 aromatic rings. The first kappa shape index (κ1) is 36.0. The molecule has 2 saturated heterocycles. The average molecular weight is 682 g/mol. The van der Waals surface area contributed by atoms with Crippen LogP contribution in [-0.4, -0.2) is 102 Å². The summed E-state index contributed by atoms with van der Waals surface area (Å²) in [5.41, 5.74) is -0.156. The maximum atomic E-state index is 14.5. The van der Waals surface area contributed by atoms with Crippen molar-refractivity contribution in [1.29, 1.82) is 0 Å². The van der Waals surface area contributed by atoms with Crippen molar-refractivity contribution in [2.75, 3.05) is 19.8 Å². The monoisotopic (exact) mass is 681 g/mol. The number of hydrogen-bond acceptors (Lipinski definition) is 10. The summed E-state index contributed by atoms with van der Waals surface area (Å²) in [5, 5.41) is 12.5. The molecule has 49 heavy (non-hydrogen) atoms. The Labute approximate surface area is 286 Å². The van der Waals surface area contributed by atoms with E-state index >= 15 is 0 Å². The number of amides is 4. The summed E-state index contributed by atoms with van der Waals surface area (Å²) in [6, 6.07) is 3.66. The third-order valence-electron chi connectivity index (χ3n) is 9.31. The Hall–Kier alpha value is -4.33. The Morgan fingerprint density at radius 3 is 2.49 bits per heavy atom. The number of ether oxygens (including phenoxy) is 2. The smallest absolute Gasteiger partial charge is 0.408 e. The summed E-state index contributed by atoms with van der Waals surface area (Å²) < 4.78 is 10.8. The predicted molar refractivity (Wildman–Crippen MR) is 177 cm³/mol. The van der Waals surface area contributed by atoms with Crippen LogP contribution in [0.4, 0.5) is 4.79 Å². The predicted octanol–water partition coefficient (Wildman–Crippen LogP) is 2.42. The van der Waals surface area contributed by atoms with Crippen LogP contribution in [-0.2, 0) is 33.5 Å². The van der Waals surface area contributed by atoms with Gasteiger partial charge in [0.05, 0.1) is 31.5 Å². The molecule has 3 heterocycles. The standard InChI is InChI=1S/C35H47N5O9/c1-6-8-25(28(42)31(44)36-23-11-12-23)37-30(43)27-17-35(16-26(39-49-35)22-10-7-9-21(15-22)20(2)41)19-40(27)32(45)29(34(3,4)5)38-33(46)48-24-13-14-47-18-24/h7,9-10,15,23-25,27,29H,6,8,11-14,16-19H2,1-5H3,(H,36,44)(H,37,43)(H,38,46)/t24-,25-,27-,29+,35+/m0/s1. The lowest BCUT2D eigenvalue weighted by molar-refractivity contribution is -0.144. The molecule has 3 aliphatic heterocycles. The van der Waals surface area contributed by atoms with E-state index in [9.17, 15) is 28.8 Å². The number of alkyl carbamates (subject to hydrolysis) is 1. The van der Waals surface area contributed by atoms with Gasteiger partial charge in [-0.05, 0) is 37.7 Å². The normalized spacial score (nSPS) is 24.4. The molecular formula is C35H47N5O9. The summed E-state index contributed by atoms with van der Waals surface area (Å²) in [5.74, 6) is -2.75. The molecule has 1 aliphatic carbocycles. The van der Waals surface area contributed by atoms with E-state index in [0.29, 0.717) is 36.3 Å². The number of hydrogen-bond donors (Lipinski definition) is 3. The zero-order chi connectivity index (χ0) is 35.5. The van der Waals surface area contributed by atoms with Crippen molar-refractivity contribution in [3.05, 3.63) is 35.4 Å². The van der Waals surface area contributed by atoms with Gasteiger partial charge in [0, 0.05) is 36.4 Å². The second-order valence-corrected chi connectivity index (χ2v) is 14.6. The van der Waals surface area contributed by atoms with E-state index < -0.39 is 64.8 Å². The van der Waals surface area contributed by atoms with Crippen LogP contribution in [0.5, 0.6) is 0 Å². The number of benzene rings is 1. The zero-order valence-electron chi connectivity index (χ0n) is 28.8. The van der Waals surface area contributed by atoms with Crippen molar-refractivity contribution in [3.63, 3.8) is 0 Å². The van der Waals surface area contributed by atoms with Crippen LogP contribution < -0.4 is 16.0 Å². The third-order valence-corrected chi connectivity index (χ3v) is 9.31. The highest BCUT2D eigenvalue weighted by atomic mass is 16.7. The van der Waals surface area contributed by atoms with Gasteiger partial charge in [0.2, 0.25) is 17.6 Å². The largest absolute Gasteiger partial charge is 0.444 e. The fourth-order valence-electron chi connectivity index (χ4n) is 6.39. The van der Waals surface area contributed by atoms with Gasteiger partial charge in [0.25, 0.3) is 5.91 Å². The summed E-state index contributed by atoms with van der Waals surface area (Å²) in [4.78, 5) is 86.8. The van der Waals surface area contributed by atoms with E-state index in [1.807, 2.05) is 13.0 Å². The maximum Gasteiger partial charge on any atom is 0.408 e. The number of Topliss-reactive ketones (excluding diaryl/α,β-unsaturated/α-hetero) is 2. The van der Waals surface area contributed by atoms with E-state index in [1.54, 1.807) is 39.0 Å². The molecule has 0 radical (unpaired) electrons. The minimum absolute atomic E-state index is 0.0307. The number of oxime groups is 1. The summed E-state index contributed by atoms with van der Waals surface area (Å²) >= 11 is 0. The van der Waals surface area contributed by atoms with Gasteiger partial charge in [-0.1, -0.05) is 57.5 Å². The van der Waals surface area contributed by atoms with E-state index in [4.69, 9.17) is 14.3 Å². The number of ketones is 2. The number of nitrogens with zero attached hydrogens (tertiary/aromatic N) is 2. The summed E-state index contributed by atoms with van der Waals surface area (Å²) in [7, 11) is 0.